The van der Waals surface area contributed by atoms with Crippen LogP contribution in [0.1, 0.15) is 13.8 Å². The van der Waals surface area contributed by atoms with Gasteiger partial charge in [-0.25, -0.2) is 4.79 Å². The lowest BCUT2D eigenvalue weighted by Crippen LogP contribution is -2.57. The molecule has 98 valence electrons. The fourth-order valence-electron chi connectivity index (χ4n) is 1.54. The summed E-state index contributed by atoms with van der Waals surface area (Å²) in [5, 5.41) is 20.0. The highest BCUT2D eigenvalue weighted by molar-refractivity contribution is 5.82. The molecule has 0 bridgehead atoms. The van der Waals surface area contributed by atoms with Gasteiger partial charge in [-0.3, -0.25) is 4.79 Å². The van der Waals surface area contributed by atoms with E-state index in [4.69, 9.17) is 14.9 Å². The summed E-state index contributed by atoms with van der Waals surface area (Å²) in [6.07, 6.45) is -0.405. The molecule has 0 radical (unpaired) electrons. The lowest BCUT2D eigenvalue weighted by molar-refractivity contribution is -0.138. The fraction of sp³-hybridized carbons (Fsp3) is 0.800. The monoisotopic (exact) mass is 246 g/mol. The zero-order chi connectivity index (χ0) is 13.0. The lowest BCUT2D eigenvalue weighted by atomic mass is 10.2. The Morgan fingerprint density at radius 2 is 2.24 bits per heavy atom. The van der Waals surface area contributed by atoms with E-state index in [1.54, 1.807) is 6.92 Å². The van der Waals surface area contributed by atoms with Crippen LogP contribution in [0.25, 0.3) is 0 Å². The second-order valence-electron chi connectivity index (χ2n) is 4.15. The number of hydrogen-bond acceptors (Lipinski definition) is 4. The fourth-order valence-corrected chi connectivity index (χ4v) is 1.54. The van der Waals surface area contributed by atoms with Crippen LogP contribution in [-0.2, 0) is 9.53 Å². The van der Waals surface area contributed by atoms with Crippen molar-refractivity contribution >= 4 is 12.0 Å². The quantitative estimate of drug-likeness (QED) is 0.608. The average Bonchev–Trinajstić information content (AvgIpc) is 2.29. The molecule has 0 aromatic heterocycles. The molecule has 1 fully saturated rings. The molecule has 1 aliphatic heterocycles. The van der Waals surface area contributed by atoms with Crippen molar-refractivity contribution in [1.29, 1.82) is 0 Å². The number of aliphatic carboxylic acids is 1. The summed E-state index contributed by atoms with van der Waals surface area (Å²) in [6.45, 7) is 3.63. The van der Waals surface area contributed by atoms with Crippen LogP contribution in [0.3, 0.4) is 0 Å². The zero-order valence-electron chi connectivity index (χ0n) is 9.92. The molecule has 3 atom stereocenters. The minimum atomic E-state index is -1.09. The molecule has 7 nitrogen and oxygen atoms in total. The van der Waals surface area contributed by atoms with Crippen LogP contribution in [0.4, 0.5) is 4.79 Å². The van der Waals surface area contributed by atoms with Crippen molar-refractivity contribution in [3.63, 3.8) is 0 Å². The summed E-state index contributed by atoms with van der Waals surface area (Å²) in [6, 6.07) is -1.53. The third-order valence-corrected chi connectivity index (χ3v) is 2.68. The Morgan fingerprint density at radius 1 is 1.59 bits per heavy atom. The predicted octanol–water partition coefficient (Wildman–Crippen LogP) is -0.749. The molecule has 2 amide bonds. The Morgan fingerprint density at radius 3 is 2.76 bits per heavy atom. The number of nitrogens with one attached hydrogen (secondary N) is 1. The molecular formula is C10H18N2O5. The van der Waals surface area contributed by atoms with Gasteiger partial charge in [-0.1, -0.05) is 0 Å². The molecule has 3 N–H and O–H groups in total. The van der Waals surface area contributed by atoms with E-state index in [9.17, 15) is 9.59 Å². The number of urea groups is 1. The molecular weight excluding hydrogens is 228 g/mol. The largest absolute Gasteiger partial charge is 0.480 e. The summed E-state index contributed by atoms with van der Waals surface area (Å²) < 4.78 is 5.28. The summed E-state index contributed by atoms with van der Waals surface area (Å²) >= 11 is 0. The Hall–Kier alpha value is -1.34. The molecule has 17 heavy (non-hydrogen) atoms. The van der Waals surface area contributed by atoms with Crippen molar-refractivity contribution in [3.05, 3.63) is 0 Å². The topological polar surface area (TPSA) is 99.1 Å². The minimum absolute atomic E-state index is 0.140. The number of aliphatic hydroxyl groups excluding tert-OH is 1. The van der Waals surface area contributed by atoms with Gasteiger partial charge in [0.1, 0.15) is 6.04 Å². The van der Waals surface area contributed by atoms with Gasteiger partial charge in [-0.2, -0.15) is 0 Å². The highest BCUT2D eigenvalue weighted by atomic mass is 16.5. The normalized spacial score (nSPS) is 26.4. The van der Waals surface area contributed by atoms with Crippen LogP contribution in [0.2, 0.25) is 0 Å². The zero-order valence-corrected chi connectivity index (χ0v) is 9.92. The maximum Gasteiger partial charge on any atom is 0.325 e. The van der Waals surface area contributed by atoms with Crippen molar-refractivity contribution in [3.8, 4) is 0 Å². The second kappa shape index (κ2) is 5.83. The Bertz CT molecular complexity index is 296. The van der Waals surface area contributed by atoms with Crippen molar-refractivity contribution < 1.29 is 24.5 Å². The number of carbonyl (C=O) groups excluding carboxylic acids is 1. The number of morpholine rings is 1. The van der Waals surface area contributed by atoms with Gasteiger partial charge in [0.2, 0.25) is 0 Å². The first kappa shape index (κ1) is 13.7. The Labute approximate surface area is 99.4 Å². The van der Waals surface area contributed by atoms with E-state index in [2.05, 4.69) is 5.32 Å². The third kappa shape index (κ3) is 3.57. The summed E-state index contributed by atoms with van der Waals surface area (Å²) in [7, 11) is 0. The molecule has 0 aromatic carbocycles. The smallest absolute Gasteiger partial charge is 0.325 e. The molecule has 1 heterocycles. The van der Waals surface area contributed by atoms with E-state index < -0.39 is 24.1 Å². The van der Waals surface area contributed by atoms with Gasteiger partial charge in [0, 0.05) is 0 Å². The van der Waals surface area contributed by atoms with Gasteiger partial charge in [0.05, 0.1) is 31.9 Å². The number of aliphatic hydroxyl groups is 1. The van der Waals surface area contributed by atoms with Crippen molar-refractivity contribution in [2.24, 2.45) is 0 Å². The summed E-state index contributed by atoms with van der Waals surface area (Å²) in [4.78, 5) is 23.9. The molecule has 7 heteroatoms. The van der Waals surface area contributed by atoms with E-state index in [0.717, 1.165) is 0 Å². The van der Waals surface area contributed by atoms with Gasteiger partial charge in [-0.05, 0) is 13.8 Å². The number of hydrogen-bond donors (Lipinski definition) is 3. The maximum absolute atomic E-state index is 11.8. The van der Waals surface area contributed by atoms with Crippen LogP contribution in [-0.4, -0.2) is 65.1 Å². The SMILES string of the molecule is CC1COC(CO)CN1C(=O)N[C@@H](C)C(=O)O. The standard InChI is InChI=1S/C10H18N2O5/c1-6-5-17-8(4-13)3-12(6)10(16)11-7(2)9(14)15/h6-8,13H,3-5H2,1-2H3,(H,11,16)(H,14,15)/t6?,7-,8?/m0/s1. The van der Waals surface area contributed by atoms with Crippen molar-refractivity contribution in [2.75, 3.05) is 19.8 Å². The average molecular weight is 246 g/mol. The lowest BCUT2D eigenvalue weighted by Gasteiger charge is -2.37. The van der Waals surface area contributed by atoms with E-state index >= 15 is 0 Å². The van der Waals surface area contributed by atoms with Crippen molar-refractivity contribution in [1.82, 2.24) is 10.2 Å². The first-order valence-electron chi connectivity index (χ1n) is 5.48. The van der Waals surface area contributed by atoms with Crippen LogP contribution in [0, 0.1) is 0 Å². The van der Waals surface area contributed by atoms with Crippen molar-refractivity contribution in [2.45, 2.75) is 32.0 Å². The minimum Gasteiger partial charge on any atom is -0.480 e. The molecule has 0 aromatic rings. The Kier molecular flexibility index (Phi) is 4.71. The third-order valence-electron chi connectivity index (χ3n) is 2.68. The number of rotatable bonds is 3. The number of ether oxygens (including phenoxy) is 1. The maximum atomic E-state index is 11.8. The number of carboxylic acid groups (broad SMARTS) is 1. The summed E-state index contributed by atoms with van der Waals surface area (Å²) in [5.74, 6) is -1.09. The molecule has 2 unspecified atom stereocenters. The van der Waals surface area contributed by atoms with Gasteiger partial charge >= 0.3 is 12.0 Å². The number of nitrogens with zero attached hydrogens (tertiary/aromatic N) is 1. The van der Waals surface area contributed by atoms with Gasteiger partial charge in [-0.15, -0.1) is 0 Å². The predicted molar refractivity (Wildman–Crippen MR) is 58.6 cm³/mol. The molecule has 1 saturated heterocycles. The molecule has 0 aliphatic carbocycles. The highest BCUT2D eigenvalue weighted by Gasteiger charge is 2.30. The second-order valence-corrected chi connectivity index (χ2v) is 4.15. The Balaban J connectivity index is 2.57. The first-order chi connectivity index (χ1) is 7.95. The molecule has 0 spiro atoms. The first-order valence-corrected chi connectivity index (χ1v) is 5.48. The van der Waals surface area contributed by atoms with E-state index in [0.29, 0.717) is 6.61 Å². The van der Waals surface area contributed by atoms with Crippen LogP contribution >= 0.6 is 0 Å². The van der Waals surface area contributed by atoms with E-state index in [-0.39, 0.29) is 19.2 Å². The van der Waals surface area contributed by atoms with Crippen LogP contribution in [0.5, 0.6) is 0 Å². The highest BCUT2D eigenvalue weighted by Crippen LogP contribution is 2.11. The van der Waals surface area contributed by atoms with Crippen LogP contribution in [0.15, 0.2) is 0 Å². The van der Waals surface area contributed by atoms with Crippen LogP contribution < -0.4 is 5.32 Å². The molecule has 0 saturated carbocycles. The molecule has 1 aliphatic rings. The van der Waals surface area contributed by atoms with Gasteiger partial charge < -0.3 is 25.2 Å². The van der Waals surface area contributed by atoms with Gasteiger partial charge in [0.15, 0.2) is 0 Å². The number of amides is 2. The summed E-state index contributed by atoms with van der Waals surface area (Å²) in [5.41, 5.74) is 0. The van der Waals surface area contributed by atoms with E-state index in [1.807, 2.05) is 0 Å². The van der Waals surface area contributed by atoms with E-state index in [1.165, 1.54) is 11.8 Å². The number of carboxylic acids is 1. The molecule has 1 rings (SSSR count). The number of carbonyl (C=O) groups is 2. The van der Waals surface area contributed by atoms with Gasteiger partial charge in [0.25, 0.3) is 0 Å².